The number of ether oxygens (including phenoxy) is 1. The molecule has 0 spiro atoms. The Kier molecular flexibility index (Phi) is 10.8. The van der Waals surface area contributed by atoms with Crippen molar-refractivity contribution in [1.29, 1.82) is 0 Å². The topological polar surface area (TPSA) is 191 Å². The molecule has 4 aliphatic rings. The Morgan fingerprint density at radius 2 is 1.65 bits per heavy atom. The zero-order valence-corrected chi connectivity index (χ0v) is 32.5. The van der Waals surface area contributed by atoms with Gasteiger partial charge in [-0.1, -0.05) is 69.2 Å². The zero-order chi connectivity index (χ0) is 39.4. The second-order valence-corrected chi connectivity index (χ2v) is 17.6. The number of carbonyl (C=O) groups excluding carboxylic acids is 4. The minimum absolute atomic E-state index is 0.0157. The number of nitrogens with zero attached hydrogens (tertiary/aromatic N) is 2. The molecule has 0 saturated heterocycles. The van der Waals surface area contributed by atoms with E-state index in [0.717, 1.165) is 25.7 Å². The number of phenols is 1. The maximum atomic E-state index is 15.1. The van der Waals surface area contributed by atoms with Crippen LogP contribution in [0.2, 0.25) is 0 Å². The number of phenolic OH excluding ortho intramolecular Hbond substituents is 1. The second kappa shape index (κ2) is 14.8. The average molecular weight is 762 g/mol. The van der Waals surface area contributed by atoms with Gasteiger partial charge in [0.15, 0.2) is 11.4 Å². The molecule has 0 radical (unpaired) electrons. The first-order valence-corrected chi connectivity index (χ1v) is 19.5. The lowest BCUT2D eigenvalue weighted by Crippen LogP contribution is -2.71. The van der Waals surface area contributed by atoms with Gasteiger partial charge in [-0.15, -0.1) is 0 Å². The quantitative estimate of drug-likeness (QED) is 0.165. The van der Waals surface area contributed by atoms with Gasteiger partial charge in [-0.2, -0.15) is 11.8 Å². The number of amides is 1. The Labute approximate surface area is 320 Å². The molecule has 2 fully saturated rings. The number of aliphatic hydroxyl groups excluding tert-OH is 2. The van der Waals surface area contributed by atoms with E-state index in [4.69, 9.17) is 10.5 Å². The lowest BCUT2D eigenvalue weighted by atomic mass is 9.54. The van der Waals surface area contributed by atoms with Crippen molar-refractivity contribution in [3.8, 4) is 5.75 Å². The van der Waals surface area contributed by atoms with Crippen molar-refractivity contribution >= 4 is 41.0 Å². The Bertz CT molecular complexity index is 1920. The highest BCUT2D eigenvalue weighted by Gasteiger charge is 2.70. The standard InChI is InChI=1S/C41H51N3O9S/c1-40(2,20-43(3)4)25-17-16-23-24(19-54-22-14-10-11-15-22)27-29(34(47)28(23)33(25)46)37(49)41(52)31(32(44(5)6)35(48)30(38(41)50)39(42)51)36(27)53-26(45)18-21-12-8-7-9-13-21/h7-9,12-13,16-17,22,24,27,31-32,36,46-47,50,52H,10-11,14-15,18-20H2,1-6H3,(H2,42,51)/t24-,27+,31+,32-,36-,41-/m0/s1. The van der Waals surface area contributed by atoms with E-state index in [9.17, 15) is 34.8 Å². The maximum absolute atomic E-state index is 15.1. The largest absolute Gasteiger partial charge is 0.508 e. The molecule has 2 saturated carbocycles. The minimum atomic E-state index is -3.03. The summed E-state index contributed by atoms with van der Waals surface area (Å²) in [5, 5.41) is 49.0. The lowest BCUT2D eigenvalue weighted by Gasteiger charge is -2.55. The molecule has 54 heavy (non-hydrogen) atoms. The Morgan fingerprint density at radius 1 is 1.00 bits per heavy atom. The number of aliphatic hydroxyl groups is 3. The first kappa shape index (κ1) is 39.5. The van der Waals surface area contributed by atoms with Crippen LogP contribution in [0.1, 0.15) is 67.7 Å². The van der Waals surface area contributed by atoms with Gasteiger partial charge in [0, 0.05) is 45.9 Å². The molecule has 0 bridgehead atoms. The first-order chi connectivity index (χ1) is 25.4. The highest BCUT2D eigenvalue weighted by molar-refractivity contribution is 7.99. The van der Waals surface area contributed by atoms with Crippen LogP contribution >= 0.6 is 11.8 Å². The van der Waals surface area contributed by atoms with Gasteiger partial charge in [0.1, 0.15) is 28.9 Å². The molecule has 6 N–H and O–H groups in total. The second-order valence-electron chi connectivity index (χ2n) is 16.3. The molecule has 4 aliphatic carbocycles. The van der Waals surface area contributed by atoms with E-state index in [0.29, 0.717) is 34.2 Å². The van der Waals surface area contributed by atoms with E-state index in [1.54, 1.807) is 42.1 Å². The molecular weight excluding hydrogens is 711 g/mol. The van der Waals surface area contributed by atoms with Gasteiger partial charge in [0.05, 0.1) is 23.9 Å². The predicted molar refractivity (Wildman–Crippen MR) is 205 cm³/mol. The fourth-order valence-corrected chi connectivity index (χ4v) is 11.0. The Balaban J connectivity index is 1.63. The van der Waals surface area contributed by atoms with Crippen molar-refractivity contribution in [2.24, 2.45) is 17.6 Å². The van der Waals surface area contributed by atoms with Gasteiger partial charge in [-0.05, 0) is 52.2 Å². The molecule has 6 atom stereocenters. The van der Waals surface area contributed by atoms with Crippen LogP contribution in [0.3, 0.4) is 0 Å². The number of likely N-dealkylation sites (N-methyl/N-ethyl adjacent to an activating group) is 2. The number of fused-ring (bicyclic) bond motifs is 3. The van der Waals surface area contributed by atoms with E-state index in [1.807, 2.05) is 45.0 Å². The maximum Gasteiger partial charge on any atom is 0.310 e. The number of Topliss-reactive ketones (excluding diaryl/α,β-unsaturated/α-hetero) is 2. The minimum Gasteiger partial charge on any atom is -0.508 e. The van der Waals surface area contributed by atoms with Gasteiger partial charge >= 0.3 is 5.97 Å². The highest BCUT2D eigenvalue weighted by atomic mass is 32.2. The Morgan fingerprint density at radius 3 is 2.24 bits per heavy atom. The fourth-order valence-electron chi connectivity index (χ4n) is 9.42. The van der Waals surface area contributed by atoms with Crippen molar-refractivity contribution in [3.63, 3.8) is 0 Å². The van der Waals surface area contributed by atoms with Crippen molar-refractivity contribution in [1.82, 2.24) is 9.80 Å². The third-order valence-corrected chi connectivity index (χ3v) is 13.1. The van der Waals surface area contributed by atoms with Crippen LogP contribution in [0, 0.1) is 11.8 Å². The fraction of sp³-hybridized carbons (Fsp3) is 0.512. The summed E-state index contributed by atoms with van der Waals surface area (Å²) in [6.45, 7) is 4.44. The van der Waals surface area contributed by atoms with Crippen LogP contribution in [-0.2, 0) is 35.8 Å². The number of hydrogen-bond donors (Lipinski definition) is 5. The summed E-state index contributed by atoms with van der Waals surface area (Å²) in [6, 6.07) is 11.0. The molecule has 2 aromatic carbocycles. The molecule has 290 valence electrons. The number of benzene rings is 2. The summed E-state index contributed by atoms with van der Waals surface area (Å²) in [4.78, 5) is 59.2. The summed E-state index contributed by atoms with van der Waals surface area (Å²) in [5.74, 6) is -9.34. The zero-order valence-electron chi connectivity index (χ0n) is 31.7. The molecule has 1 amide bonds. The number of rotatable bonds is 11. The molecule has 12 nitrogen and oxygen atoms in total. The predicted octanol–water partition coefficient (Wildman–Crippen LogP) is 3.78. The van der Waals surface area contributed by atoms with Gasteiger partial charge in [0.25, 0.3) is 5.91 Å². The number of nitrogens with two attached hydrogens (primary N) is 1. The van der Waals surface area contributed by atoms with E-state index >= 15 is 4.79 Å². The Hall–Kier alpha value is -4.17. The molecule has 6 rings (SSSR count). The normalized spacial score (nSPS) is 27.3. The number of aromatic hydroxyl groups is 1. The van der Waals surface area contributed by atoms with Crippen LogP contribution in [0.15, 0.2) is 59.4 Å². The average Bonchev–Trinajstić information content (AvgIpc) is 3.61. The first-order valence-electron chi connectivity index (χ1n) is 18.4. The smallest absolute Gasteiger partial charge is 0.310 e. The lowest BCUT2D eigenvalue weighted by molar-refractivity contribution is -0.185. The molecule has 0 aromatic heterocycles. The van der Waals surface area contributed by atoms with E-state index in [-0.39, 0.29) is 23.3 Å². The van der Waals surface area contributed by atoms with Gasteiger partial charge in [-0.3, -0.25) is 24.1 Å². The third-order valence-electron chi connectivity index (χ3n) is 11.6. The molecular formula is C41H51N3O9S. The van der Waals surface area contributed by atoms with Crippen molar-refractivity contribution in [2.45, 2.75) is 80.3 Å². The summed E-state index contributed by atoms with van der Waals surface area (Å²) in [5.41, 5.74) is 2.32. The molecule has 0 aliphatic heterocycles. The van der Waals surface area contributed by atoms with Gasteiger partial charge < -0.3 is 35.8 Å². The van der Waals surface area contributed by atoms with Crippen LogP contribution in [-0.4, -0.2) is 117 Å². The van der Waals surface area contributed by atoms with Crippen LogP contribution in [0.5, 0.6) is 5.75 Å². The number of carbonyl (C=O) groups is 4. The molecule has 13 heteroatoms. The summed E-state index contributed by atoms with van der Waals surface area (Å²) in [6.07, 6.45) is 2.47. The summed E-state index contributed by atoms with van der Waals surface area (Å²) < 4.78 is 6.34. The number of ketones is 2. The number of primary amides is 1. The number of esters is 1. The molecule has 2 aromatic rings. The number of thioether (sulfide) groups is 1. The highest BCUT2D eigenvalue weighted by Crippen LogP contribution is 2.58. The van der Waals surface area contributed by atoms with Gasteiger partial charge in [-0.25, -0.2) is 0 Å². The van der Waals surface area contributed by atoms with Crippen LogP contribution in [0.25, 0.3) is 5.76 Å². The van der Waals surface area contributed by atoms with Crippen molar-refractivity contribution < 1.29 is 44.3 Å². The molecule has 0 heterocycles. The van der Waals surface area contributed by atoms with E-state index in [2.05, 4.69) is 0 Å². The van der Waals surface area contributed by atoms with E-state index < -0.39 is 81.4 Å². The SMILES string of the molecule is CN(C)CC(C)(C)c1ccc2c(c1O)C(O)=C1C(=O)[C@]3(O)C(O)=C(C(N)=O)C(=O)[C@@H](N(C)C)[C@@H]3[C@@H](OC(=O)Cc3ccccc3)[C@@H]1[C@H]2CSC1CCCC1. The summed E-state index contributed by atoms with van der Waals surface area (Å²) >= 11 is 1.70. The van der Waals surface area contributed by atoms with E-state index in [1.165, 1.54) is 19.0 Å². The van der Waals surface area contributed by atoms with Crippen LogP contribution < -0.4 is 5.73 Å². The monoisotopic (exact) mass is 761 g/mol. The third kappa shape index (κ3) is 6.62. The van der Waals surface area contributed by atoms with Crippen LogP contribution in [0.4, 0.5) is 0 Å². The number of hydrogen-bond acceptors (Lipinski definition) is 12. The van der Waals surface area contributed by atoms with Crippen molar-refractivity contribution in [2.75, 3.05) is 40.5 Å². The van der Waals surface area contributed by atoms with Gasteiger partial charge in [0.2, 0.25) is 5.78 Å². The summed E-state index contributed by atoms with van der Waals surface area (Å²) in [7, 11) is 6.84. The molecule has 0 unspecified atom stereocenters. The van der Waals surface area contributed by atoms with Crippen molar-refractivity contribution in [3.05, 3.63) is 81.6 Å².